The molecule has 5 nitrogen and oxygen atoms in total. The van der Waals surface area contributed by atoms with Crippen molar-refractivity contribution in [2.75, 3.05) is 18.4 Å². The maximum Gasteiger partial charge on any atom is 0.229 e. The summed E-state index contributed by atoms with van der Waals surface area (Å²) in [5.41, 5.74) is 2.00. The highest BCUT2D eigenvalue weighted by Gasteiger charge is 2.28. The minimum absolute atomic E-state index is 0.0779. The number of likely N-dealkylation sites (tertiary alicyclic amines) is 1. The van der Waals surface area contributed by atoms with Crippen molar-refractivity contribution in [3.05, 3.63) is 35.7 Å². The van der Waals surface area contributed by atoms with Crippen LogP contribution in [0.5, 0.6) is 0 Å². The van der Waals surface area contributed by atoms with Gasteiger partial charge in [-0.05, 0) is 0 Å². The Morgan fingerprint density at radius 2 is 1.86 bits per heavy atom. The normalized spacial score (nSPS) is 14.8. The minimum atomic E-state index is -0.0779. The van der Waals surface area contributed by atoms with Crippen LogP contribution in [0.15, 0.2) is 35.7 Å². The summed E-state index contributed by atoms with van der Waals surface area (Å²) in [5, 5.41) is 5.95. The number of thiazole rings is 1. The fraction of sp³-hybridized carbons (Fsp3) is 0.267. The summed E-state index contributed by atoms with van der Waals surface area (Å²) in [6, 6.07) is 9.96. The van der Waals surface area contributed by atoms with Gasteiger partial charge in [-0.1, -0.05) is 30.3 Å². The first-order valence-corrected chi connectivity index (χ1v) is 7.70. The molecule has 2 heterocycles. The monoisotopic (exact) mass is 301 g/mol. The molecule has 1 aliphatic heterocycles. The minimum Gasteiger partial charge on any atom is -0.360 e. The van der Waals surface area contributed by atoms with E-state index in [0.717, 1.165) is 16.4 Å². The number of amides is 2. The molecule has 0 saturated carbocycles. The zero-order chi connectivity index (χ0) is 14.7. The summed E-state index contributed by atoms with van der Waals surface area (Å²) in [5.74, 6) is -0.156. The van der Waals surface area contributed by atoms with Crippen LogP contribution in [0.2, 0.25) is 0 Å². The van der Waals surface area contributed by atoms with Gasteiger partial charge in [0.25, 0.3) is 0 Å². The van der Waals surface area contributed by atoms with Crippen LogP contribution in [0.3, 0.4) is 0 Å². The van der Waals surface area contributed by atoms with E-state index in [1.807, 2.05) is 35.7 Å². The Morgan fingerprint density at radius 1 is 1.14 bits per heavy atom. The van der Waals surface area contributed by atoms with E-state index in [9.17, 15) is 9.59 Å². The quantitative estimate of drug-likeness (QED) is 0.861. The van der Waals surface area contributed by atoms with Crippen LogP contribution in [0.25, 0.3) is 11.3 Å². The van der Waals surface area contributed by atoms with E-state index < -0.39 is 0 Å². The molecule has 0 bridgehead atoms. The lowest BCUT2D eigenvalue weighted by molar-refractivity contribution is -0.138. The predicted molar refractivity (Wildman–Crippen MR) is 82.0 cm³/mol. The molecule has 2 amide bonds. The van der Waals surface area contributed by atoms with Gasteiger partial charge in [0.05, 0.1) is 5.69 Å². The lowest BCUT2D eigenvalue weighted by Gasteiger charge is -2.13. The molecular weight excluding hydrogens is 286 g/mol. The van der Waals surface area contributed by atoms with Gasteiger partial charge >= 0.3 is 0 Å². The van der Waals surface area contributed by atoms with E-state index in [1.54, 1.807) is 0 Å². The van der Waals surface area contributed by atoms with E-state index in [-0.39, 0.29) is 11.8 Å². The number of carbonyl (C=O) groups excluding carboxylic acids is 2. The Morgan fingerprint density at radius 3 is 2.57 bits per heavy atom. The number of hydrogen-bond acceptors (Lipinski definition) is 5. The first-order chi connectivity index (χ1) is 10.2. The number of hydrogen-bond donors (Lipinski definition) is 1. The second-order valence-electron chi connectivity index (χ2n) is 4.77. The van der Waals surface area contributed by atoms with E-state index in [4.69, 9.17) is 0 Å². The third kappa shape index (κ3) is 3.11. The highest BCUT2D eigenvalue weighted by Crippen LogP contribution is 2.24. The van der Waals surface area contributed by atoms with Crippen LogP contribution in [0.4, 0.5) is 5.13 Å². The van der Waals surface area contributed by atoms with Gasteiger partial charge in [0.15, 0.2) is 5.13 Å². The second-order valence-corrected chi connectivity index (χ2v) is 5.63. The third-order valence-electron chi connectivity index (χ3n) is 3.34. The second kappa shape index (κ2) is 6.05. The van der Waals surface area contributed by atoms with Crippen molar-refractivity contribution < 1.29 is 9.59 Å². The maximum atomic E-state index is 11.5. The average molecular weight is 301 g/mol. The number of anilines is 1. The van der Waals surface area contributed by atoms with Crippen LogP contribution >= 0.6 is 11.3 Å². The summed E-state index contributed by atoms with van der Waals surface area (Å²) in [6.07, 6.45) is 0.683. The van der Waals surface area contributed by atoms with Crippen molar-refractivity contribution in [1.82, 2.24) is 9.88 Å². The van der Waals surface area contributed by atoms with E-state index in [2.05, 4.69) is 10.3 Å². The van der Waals surface area contributed by atoms with Crippen molar-refractivity contribution in [1.29, 1.82) is 0 Å². The molecule has 0 spiro atoms. The number of imide groups is 1. The molecule has 0 atom stereocenters. The lowest BCUT2D eigenvalue weighted by Crippen LogP contribution is -2.33. The maximum absolute atomic E-state index is 11.5. The van der Waals surface area contributed by atoms with Gasteiger partial charge in [-0.3, -0.25) is 14.5 Å². The molecule has 1 aliphatic rings. The Balaban J connectivity index is 1.56. The molecule has 6 heteroatoms. The molecular formula is C15H15N3O2S. The SMILES string of the molecule is O=C1CCC(=O)N1CCNc1nc(-c2ccccc2)cs1. The first-order valence-electron chi connectivity index (χ1n) is 6.82. The Bertz CT molecular complexity index is 638. The van der Waals surface area contributed by atoms with E-state index >= 15 is 0 Å². The fourth-order valence-electron chi connectivity index (χ4n) is 2.24. The smallest absolute Gasteiger partial charge is 0.229 e. The summed E-state index contributed by atoms with van der Waals surface area (Å²) in [7, 11) is 0. The topological polar surface area (TPSA) is 62.3 Å². The number of carbonyl (C=O) groups is 2. The Kier molecular flexibility index (Phi) is 3.96. The predicted octanol–water partition coefficient (Wildman–Crippen LogP) is 2.37. The molecule has 1 aromatic carbocycles. The number of rotatable bonds is 5. The number of benzene rings is 1. The van der Waals surface area contributed by atoms with Crippen molar-refractivity contribution in [3.8, 4) is 11.3 Å². The molecule has 0 aliphatic carbocycles. The van der Waals surface area contributed by atoms with Gasteiger partial charge in [0.1, 0.15) is 0 Å². The molecule has 108 valence electrons. The van der Waals surface area contributed by atoms with Crippen LogP contribution in [0.1, 0.15) is 12.8 Å². The summed E-state index contributed by atoms with van der Waals surface area (Å²) >= 11 is 1.52. The van der Waals surface area contributed by atoms with E-state index in [0.29, 0.717) is 25.9 Å². The molecule has 1 fully saturated rings. The summed E-state index contributed by atoms with van der Waals surface area (Å²) in [4.78, 5) is 28.8. The molecule has 21 heavy (non-hydrogen) atoms. The zero-order valence-corrected chi connectivity index (χ0v) is 12.2. The number of nitrogens with zero attached hydrogens (tertiary/aromatic N) is 2. The fourth-order valence-corrected chi connectivity index (χ4v) is 2.99. The van der Waals surface area contributed by atoms with Gasteiger partial charge in [0.2, 0.25) is 11.8 Å². The van der Waals surface area contributed by atoms with Gasteiger partial charge in [0, 0.05) is 36.9 Å². The van der Waals surface area contributed by atoms with Gasteiger partial charge in [-0.15, -0.1) is 11.3 Å². The standard InChI is InChI=1S/C15H15N3O2S/c19-13-6-7-14(20)18(13)9-8-16-15-17-12(10-21-15)11-4-2-1-3-5-11/h1-5,10H,6-9H2,(H,16,17). The van der Waals surface area contributed by atoms with Gasteiger partial charge in [-0.25, -0.2) is 4.98 Å². The Labute approximate surface area is 126 Å². The molecule has 1 N–H and O–H groups in total. The van der Waals surface area contributed by atoms with Crippen molar-refractivity contribution in [3.63, 3.8) is 0 Å². The lowest BCUT2D eigenvalue weighted by atomic mass is 10.2. The zero-order valence-electron chi connectivity index (χ0n) is 11.4. The van der Waals surface area contributed by atoms with Gasteiger partial charge < -0.3 is 5.32 Å². The molecule has 1 aromatic heterocycles. The number of nitrogens with one attached hydrogen (secondary N) is 1. The third-order valence-corrected chi connectivity index (χ3v) is 4.14. The Hall–Kier alpha value is -2.21. The molecule has 1 saturated heterocycles. The molecule has 3 rings (SSSR count). The largest absolute Gasteiger partial charge is 0.360 e. The van der Waals surface area contributed by atoms with E-state index in [1.165, 1.54) is 16.2 Å². The van der Waals surface area contributed by atoms with Crippen LogP contribution < -0.4 is 5.32 Å². The van der Waals surface area contributed by atoms with Crippen molar-refractivity contribution in [2.45, 2.75) is 12.8 Å². The average Bonchev–Trinajstić information content (AvgIpc) is 3.10. The summed E-state index contributed by atoms with van der Waals surface area (Å²) in [6.45, 7) is 0.928. The molecule has 2 aromatic rings. The molecule has 0 radical (unpaired) electrons. The summed E-state index contributed by atoms with van der Waals surface area (Å²) < 4.78 is 0. The molecule has 0 unspecified atom stereocenters. The van der Waals surface area contributed by atoms with Gasteiger partial charge in [-0.2, -0.15) is 0 Å². The van der Waals surface area contributed by atoms with Crippen molar-refractivity contribution >= 4 is 28.3 Å². The first kappa shape index (κ1) is 13.8. The highest BCUT2D eigenvalue weighted by molar-refractivity contribution is 7.14. The number of aromatic nitrogens is 1. The van der Waals surface area contributed by atoms with Crippen molar-refractivity contribution in [2.24, 2.45) is 0 Å². The van der Waals surface area contributed by atoms with Crippen LogP contribution in [-0.4, -0.2) is 34.8 Å². The van der Waals surface area contributed by atoms with Crippen LogP contribution in [0, 0.1) is 0 Å². The van der Waals surface area contributed by atoms with Crippen LogP contribution in [-0.2, 0) is 9.59 Å². The highest BCUT2D eigenvalue weighted by atomic mass is 32.1.